The zero-order valence-corrected chi connectivity index (χ0v) is 18.0. The lowest BCUT2D eigenvalue weighted by Gasteiger charge is -2.20. The summed E-state index contributed by atoms with van der Waals surface area (Å²) in [5, 5.41) is 3.66. The van der Waals surface area contributed by atoms with E-state index in [0.717, 1.165) is 48.6 Å². The van der Waals surface area contributed by atoms with Crippen molar-refractivity contribution in [3.05, 3.63) is 76.6 Å². The lowest BCUT2D eigenvalue weighted by atomic mass is 10.0. The van der Waals surface area contributed by atoms with Gasteiger partial charge < -0.3 is 9.47 Å². The first-order valence-corrected chi connectivity index (χ1v) is 10.4. The molecule has 3 aromatic rings. The highest BCUT2D eigenvalue weighted by Gasteiger charge is 2.29. The van der Waals surface area contributed by atoms with Gasteiger partial charge in [0.25, 0.3) is 0 Å². The molecule has 9 heteroatoms. The Morgan fingerprint density at radius 1 is 0.969 bits per heavy atom. The average Bonchev–Trinajstić information content (AvgIpc) is 3.20. The first kappa shape index (κ1) is 23.4. The minimum atomic E-state index is -4.35. The van der Waals surface area contributed by atoms with Crippen LogP contribution in [0.3, 0.4) is 0 Å². The number of hydrogen-bond donors (Lipinski definition) is 0. The molecule has 168 valence electrons. The van der Waals surface area contributed by atoms with Crippen LogP contribution in [0.2, 0.25) is 0 Å². The molecule has 0 fully saturated rings. The number of halogens is 3. The van der Waals surface area contributed by atoms with Crippen molar-refractivity contribution in [2.45, 2.75) is 33.1 Å². The summed E-state index contributed by atoms with van der Waals surface area (Å²) in [5.74, 6) is 0.691. The van der Waals surface area contributed by atoms with Crippen LogP contribution in [0.25, 0.3) is 32.8 Å². The Kier molecular flexibility index (Phi) is 7.56. The maximum absolute atomic E-state index is 12.8. The van der Waals surface area contributed by atoms with Crippen molar-refractivity contribution < 1.29 is 13.2 Å². The molecule has 6 nitrogen and oxygen atoms in total. The van der Waals surface area contributed by atoms with Crippen molar-refractivity contribution >= 4 is 0 Å². The van der Waals surface area contributed by atoms with E-state index in [1.807, 2.05) is 24.3 Å². The first-order valence-electron chi connectivity index (χ1n) is 10.4. The van der Waals surface area contributed by atoms with Crippen LogP contribution in [0, 0.1) is 0 Å². The Bertz CT molecular complexity index is 1060. The fourth-order valence-electron chi connectivity index (χ4n) is 3.58. The number of aromatic nitrogens is 2. The van der Waals surface area contributed by atoms with Gasteiger partial charge in [-0.3, -0.25) is 0 Å². The van der Waals surface area contributed by atoms with E-state index in [9.17, 15) is 13.2 Å². The molecule has 2 aromatic carbocycles. The predicted octanol–water partition coefficient (Wildman–Crippen LogP) is 6.39. The lowest BCUT2D eigenvalue weighted by Crippen LogP contribution is -2.27. The number of benzene rings is 2. The average molecular weight is 442 g/mol. The van der Waals surface area contributed by atoms with Gasteiger partial charge in [-0.25, -0.2) is 4.98 Å². The summed E-state index contributed by atoms with van der Waals surface area (Å²) >= 11 is 0. The molecular formula is C23H25F3N6. The van der Waals surface area contributed by atoms with Crippen molar-refractivity contribution in [2.75, 3.05) is 19.6 Å². The first-order chi connectivity index (χ1) is 15.4. The molecular weight excluding hydrogens is 417 g/mol. The summed E-state index contributed by atoms with van der Waals surface area (Å²) in [7, 11) is 0. The van der Waals surface area contributed by atoms with Gasteiger partial charge in [0.15, 0.2) is 0 Å². The van der Waals surface area contributed by atoms with Gasteiger partial charge >= 0.3 is 6.18 Å². The Morgan fingerprint density at radius 2 is 1.53 bits per heavy atom. The third-order valence-electron chi connectivity index (χ3n) is 5.47. The van der Waals surface area contributed by atoms with Crippen molar-refractivity contribution in [1.82, 2.24) is 14.5 Å². The van der Waals surface area contributed by atoms with Gasteiger partial charge in [-0.2, -0.15) is 13.2 Å². The predicted molar refractivity (Wildman–Crippen MR) is 119 cm³/mol. The molecule has 0 N–H and O–H groups in total. The van der Waals surface area contributed by atoms with Crippen LogP contribution in [0.5, 0.6) is 0 Å². The Labute approximate surface area is 184 Å². The van der Waals surface area contributed by atoms with E-state index in [1.54, 1.807) is 6.20 Å². The molecule has 3 rings (SSSR count). The molecule has 0 saturated carbocycles. The largest absolute Gasteiger partial charge is 0.416 e. The lowest BCUT2D eigenvalue weighted by molar-refractivity contribution is -0.137. The minimum Gasteiger partial charge on any atom is -0.327 e. The molecule has 1 heterocycles. The van der Waals surface area contributed by atoms with Crippen LogP contribution in [0.15, 0.2) is 59.8 Å². The van der Waals surface area contributed by atoms with E-state index < -0.39 is 11.7 Å². The Balaban J connectivity index is 1.87. The molecule has 32 heavy (non-hydrogen) atoms. The minimum absolute atomic E-state index is 0.165. The van der Waals surface area contributed by atoms with Gasteiger partial charge in [-0.15, -0.1) is 0 Å². The second-order valence-electron chi connectivity index (χ2n) is 7.28. The van der Waals surface area contributed by atoms with E-state index >= 15 is 0 Å². The number of nitrogens with zero attached hydrogens (tertiary/aromatic N) is 6. The summed E-state index contributed by atoms with van der Waals surface area (Å²) in [6.07, 6.45) is -2.59. The van der Waals surface area contributed by atoms with Gasteiger partial charge in [0, 0.05) is 18.0 Å². The van der Waals surface area contributed by atoms with Crippen LogP contribution in [-0.2, 0) is 19.3 Å². The molecule has 0 aliphatic heterocycles. The number of hydrogen-bond acceptors (Lipinski definition) is 3. The van der Waals surface area contributed by atoms with Crippen molar-refractivity contribution in [3.63, 3.8) is 0 Å². The maximum atomic E-state index is 12.8. The second kappa shape index (κ2) is 10.3. The number of likely N-dealkylation sites (N-methyl/N-ethyl adjacent to an activating group) is 1. The summed E-state index contributed by atoms with van der Waals surface area (Å²) in [4.78, 5) is 9.59. The number of imidazole rings is 1. The van der Waals surface area contributed by atoms with Crippen LogP contribution >= 0.6 is 0 Å². The molecule has 0 radical (unpaired) electrons. The van der Waals surface area contributed by atoms with E-state index in [4.69, 9.17) is 5.53 Å². The topological polar surface area (TPSA) is 69.8 Å². The molecule has 0 amide bonds. The molecule has 0 atom stereocenters. The summed E-state index contributed by atoms with van der Waals surface area (Å²) in [5.41, 5.74) is 11.4. The van der Waals surface area contributed by atoms with Crippen molar-refractivity contribution in [3.8, 4) is 22.4 Å². The molecule has 0 bridgehead atoms. The second-order valence-corrected chi connectivity index (χ2v) is 7.28. The number of alkyl halides is 3. The van der Waals surface area contributed by atoms with Crippen LogP contribution < -0.4 is 0 Å². The van der Waals surface area contributed by atoms with Crippen molar-refractivity contribution in [2.24, 2.45) is 5.11 Å². The number of azide groups is 1. The molecule has 1 aromatic heterocycles. The highest BCUT2D eigenvalue weighted by molar-refractivity contribution is 5.69. The van der Waals surface area contributed by atoms with Gasteiger partial charge in [-0.1, -0.05) is 55.4 Å². The quantitative estimate of drug-likeness (QED) is 0.219. The highest BCUT2D eigenvalue weighted by Crippen LogP contribution is 2.31. The van der Waals surface area contributed by atoms with Gasteiger partial charge in [0.05, 0.1) is 24.0 Å². The Hall–Kier alpha value is -3.29. The molecule has 0 unspecified atom stereocenters. The monoisotopic (exact) mass is 442 g/mol. The van der Waals surface area contributed by atoms with Crippen LogP contribution in [-0.4, -0.2) is 34.1 Å². The summed E-state index contributed by atoms with van der Waals surface area (Å²) in [6, 6.07) is 12.7. The normalized spacial score (nSPS) is 11.6. The van der Waals surface area contributed by atoms with Gasteiger partial charge in [0.2, 0.25) is 0 Å². The van der Waals surface area contributed by atoms with Crippen LogP contribution in [0.4, 0.5) is 13.2 Å². The third kappa shape index (κ3) is 5.49. The number of rotatable bonds is 9. The highest BCUT2D eigenvalue weighted by atomic mass is 19.4. The SMILES string of the molecule is CCN(CC)CCn1c(-c2ccc(-c3ccc(C(F)(F)F)cc3)cc2)cnc1CN=[N+]=[N-]. The zero-order valence-electron chi connectivity index (χ0n) is 18.0. The third-order valence-corrected chi connectivity index (χ3v) is 5.47. The van der Waals surface area contributed by atoms with E-state index in [2.05, 4.69) is 38.3 Å². The Morgan fingerprint density at radius 3 is 2.06 bits per heavy atom. The fourth-order valence-corrected chi connectivity index (χ4v) is 3.58. The van der Waals surface area contributed by atoms with Gasteiger partial charge in [-0.05, 0) is 47.4 Å². The molecule has 0 saturated heterocycles. The van der Waals surface area contributed by atoms with Crippen molar-refractivity contribution in [1.29, 1.82) is 0 Å². The van der Waals surface area contributed by atoms with Gasteiger partial charge in [0.1, 0.15) is 5.82 Å². The van der Waals surface area contributed by atoms with E-state index in [1.165, 1.54) is 12.1 Å². The molecule has 0 aliphatic rings. The van der Waals surface area contributed by atoms with E-state index in [0.29, 0.717) is 17.9 Å². The molecule has 0 aliphatic carbocycles. The standard InChI is InChI=1S/C23H25F3N6/c1-3-31(4-2)13-14-32-21(15-28-22(32)16-29-30-27)19-7-5-17(6-8-19)18-9-11-20(12-10-18)23(24,25)26/h5-12,15H,3-4,13-14,16H2,1-2H3. The zero-order chi connectivity index (χ0) is 23.1. The van der Waals surface area contributed by atoms with E-state index in [-0.39, 0.29) is 6.54 Å². The fraction of sp³-hybridized carbons (Fsp3) is 0.348. The van der Waals surface area contributed by atoms with Crippen LogP contribution in [0.1, 0.15) is 25.2 Å². The summed E-state index contributed by atoms with van der Waals surface area (Å²) < 4.78 is 40.5. The summed E-state index contributed by atoms with van der Waals surface area (Å²) in [6.45, 7) is 7.80. The smallest absolute Gasteiger partial charge is 0.327 e. The maximum Gasteiger partial charge on any atom is 0.416 e. The molecule has 0 spiro atoms.